The Hall–Kier alpha value is -0.570. The third-order valence-corrected chi connectivity index (χ3v) is 2.84. The van der Waals surface area contributed by atoms with Crippen LogP contribution >= 0.6 is 0 Å². The first-order chi connectivity index (χ1) is 6.06. The molecule has 13 heavy (non-hydrogen) atoms. The van der Waals surface area contributed by atoms with Gasteiger partial charge in [-0.25, -0.2) is 0 Å². The summed E-state index contributed by atoms with van der Waals surface area (Å²) in [5, 5.41) is 3.27. The molecular formula is C10H19NO2. The van der Waals surface area contributed by atoms with Gasteiger partial charge in [-0.2, -0.15) is 0 Å². The van der Waals surface area contributed by atoms with Gasteiger partial charge in [0.25, 0.3) is 0 Å². The fourth-order valence-corrected chi connectivity index (χ4v) is 1.49. The monoisotopic (exact) mass is 185 g/mol. The molecule has 0 radical (unpaired) electrons. The third kappa shape index (κ3) is 3.35. The number of methoxy groups -OCH3 is 1. The van der Waals surface area contributed by atoms with Crippen molar-refractivity contribution in [2.45, 2.75) is 26.7 Å². The van der Waals surface area contributed by atoms with Gasteiger partial charge in [-0.1, -0.05) is 13.8 Å². The number of nitrogens with one attached hydrogen (secondary N) is 1. The number of hydrogen-bond acceptors (Lipinski definition) is 3. The molecule has 1 aliphatic carbocycles. The molecule has 1 aliphatic rings. The highest BCUT2D eigenvalue weighted by Gasteiger charge is 2.44. The number of ether oxygens (including phenoxy) is 1. The Morgan fingerprint density at radius 3 is 2.69 bits per heavy atom. The number of carbonyl (C=O) groups excluding carboxylic acids is 1. The Morgan fingerprint density at radius 1 is 1.62 bits per heavy atom. The normalized spacial score (nSPS) is 24.1. The molecular weight excluding hydrogens is 166 g/mol. The van der Waals surface area contributed by atoms with Crippen molar-refractivity contribution in [3.8, 4) is 0 Å². The van der Waals surface area contributed by atoms with Crippen molar-refractivity contribution in [2.24, 2.45) is 11.3 Å². The molecule has 0 amide bonds. The van der Waals surface area contributed by atoms with Crippen LogP contribution in [0.25, 0.3) is 0 Å². The summed E-state index contributed by atoms with van der Waals surface area (Å²) in [7, 11) is 1.42. The van der Waals surface area contributed by atoms with Crippen molar-refractivity contribution in [3.05, 3.63) is 0 Å². The van der Waals surface area contributed by atoms with E-state index in [1.54, 1.807) is 0 Å². The lowest BCUT2D eigenvalue weighted by Crippen LogP contribution is -2.22. The fraction of sp³-hybridized carbons (Fsp3) is 0.900. The summed E-state index contributed by atoms with van der Waals surface area (Å²) in [6.45, 7) is 6.32. The Labute approximate surface area is 79.8 Å². The van der Waals surface area contributed by atoms with Crippen LogP contribution in [0.3, 0.4) is 0 Å². The van der Waals surface area contributed by atoms with Gasteiger partial charge >= 0.3 is 5.97 Å². The zero-order valence-corrected chi connectivity index (χ0v) is 8.72. The summed E-state index contributed by atoms with van der Waals surface area (Å²) in [6, 6.07) is 0. The van der Waals surface area contributed by atoms with E-state index in [0.29, 0.717) is 11.8 Å². The SMILES string of the molecule is COC(=O)CCNCC1CC1(C)C. The maximum atomic E-state index is 10.7. The second kappa shape index (κ2) is 4.09. The molecule has 76 valence electrons. The molecule has 0 bridgehead atoms. The lowest BCUT2D eigenvalue weighted by atomic mass is 10.1. The van der Waals surface area contributed by atoms with Crippen molar-refractivity contribution >= 4 is 5.97 Å². The maximum Gasteiger partial charge on any atom is 0.306 e. The Morgan fingerprint density at radius 2 is 2.23 bits per heavy atom. The van der Waals surface area contributed by atoms with E-state index in [9.17, 15) is 4.79 Å². The van der Waals surface area contributed by atoms with Gasteiger partial charge < -0.3 is 10.1 Å². The predicted octanol–water partition coefficient (Wildman–Crippen LogP) is 1.19. The highest BCUT2D eigenvalue weighted by Crippen LogP contribution is 2.50. The van der Waals surface area contributed by atoms with Gasteiger partial charge in [0.05, 0.1) is 13.5 Å². The molecule has 3 nitrogen and oxygen atoms in total. The first kappa shape index (κ1) is 10.5. The molecule has 1 N–H and O–H groups in total. The quantitative estimate of drug-likeness (QED) is 0.516. The first-order valence-corrected chi connectivity index (χ1v) is 4.84. The van der Waals surface area contributed by atoms with Crippen molar-refractivity contribution in [1.29, 1.82) is 0 Å². The molecule has 0 saturated heterocycles. The summed E-state index contributed by atoms with van der Waals surface area (Å²) in [4.78, 5) is 10.7. The molecule has 0 heterocycles. The molecule has 0 spiro atoms. The molecule has 1 fully saturated rings. The van der Waals surface area contributed by atoms with Crippen LogP contribution in [-0.4, -0.2) is 26.2 Å². The van der Waals surface area contributed by atoms with E-state index in [-0.39, 0.29) is 5.97 Å². The Balaban J connectivity index is 1.94. The van der Waals surface area contributed by atoms with Crippen LogP contribution in [0.15, 0.2) is 0 Å². The van der Waals surface area contributed by atoms with Gasteiger partial charge in [-0.15, -0.1) is 0 Å². The van der Waals surface area contributed by atoms with Crippen LogP contribution < -0.4 is 5.32 Å². The van der Waals surface area contributed by atoms with Crippen molar-refractivity contribution in [1.82, 2.24) is 5.32 Å². The van der Waals surface area contributed by atoms with Crippen LogP contribution in [0.4, 0.5) is 0 Å². The topological polar surface area (TPSA) is 38.3 Å². The van der Waals surface area contributed by atoms with E-state index in [0.717, 1.165) is 19.0 Å². The Kier molecular flexibility index (Phi) is 3.31. The summed E-state index contributed by atoms with van der Waals surface area (Å²) in [6.07, 6.45) is 1.78. The molecule has 0 aromatic carbocycles. The Bertz CT molecular complexity index is 189. The number of hydrogen-bond donors (Lipinski definition) is 1. The molecule has 0 aromatic heterocycles. The minimum Gasteiger partial charge on any atom is -0.469 e. The lowest BCUT2D eigenvalue weighted by Gasteiger charge is -2.04. The van der Waals surface area contributed by atoms with Gasteiger partial charge in [0.15, 0.2) is 0 Å². The van der Waals surface area contributed by atoms with Crippen molar-refractivity contribution in [3.63, 3.8) is 0 Å². The maximum absolute atomic E-state index is 10.7. The van der Waals surface area contributed by atoms with Gasteiger partial charge in [0.2, 0.25) is 0 Å². The largest absolute Gasteiger partial charge is 0.469 e. The predicted molar refractivity (Wildman–Crippen MR) is 51.4 cm³/mol. The smallest absolute Gasteiger partial charge is 0.306 e. The van der Waals surface area contributed by atoms with Crippen LogP contribution in [0.2, 0.25) is 0 Å². The van der Waals surface area contributed by atoms with Crippen LogP contribution in [0, 0.1) is 11.3 Å². The van der Waals surface area contributed by atoms with Crippen LogP contribution in [-0.2, 0) is 9.53 Å². The minimum atomic E-state index is -0.137. The third-order valence-electron chi connectivity index (χ3n) is 2.84. The number of carbonyl (C=O) groups is 1. The minimum absolute atomic E-state index is 0.137. The van der Waals surface area contributed by atoms with E-state index in [4.69, 9.17) is 0 Å². The molecule has 0 aromatic rings. The van der Waals surface area contributed by atoms with Gasteiger partial charge in [0.1, 0.15) is 0 Å². The fourth-order valence-electron chi connectivity index (χ4n) is 1.49. The molecule has 1 rings (SSSR count). The van der Waals surface area contributed by atoms with Crippen LogP contribution in [0.5, 0.6) is 0 Å². The molecule has 1 atom stereocenters. The van der Waals surface area contributed by atoms with Crippen molar-refractivity contribution < 1.29 is 9.53 Å². The zero-order chi connectivity index (χ0) is 9.90. The second-order valence-electron chi connectivity index (χ2n) is 4.42. The van der Waals surface area contributed by atoms with E-state index < -0.39 is 0 Å². The van der Waals surface area contributed by atoms with Crippen LogP contribution in [0.1, 0.15) is 26.7 Å². The summed E-state index contributed by atoms with van der Waals surface area (Å²) in [5.41, 5.74) is 0.526. The molecule has 1 unspecified atom stereocenters. The first-order valence-electron chi connectivity index (χ1n) is 4.84. The molecule has 3 heteroatoms. The van der Waals surface area contributed by atoms with Crippen molar-refractivity contribution in [2.75, 3.05) is 20.2 Å². The van der Waals surface area contributed by atoms with E-state index in [1.165, 1.54) is 13.5 Å². The number of rotatable bonds is 5. The zero-order valence-electron chi connectivity index (χ0n) is 8.72. The lowest BCUT2D eigenvalue weighted by molar-refractivity contribution is -0.140. The molecule has 1 saturated carbocycles. The summed E-state index contributed by atoms with van der Waals surface area (Å²) < 4.78 is 4.53. The van der Waals surface area contributed by atoms with Gasteiger partial charge in [-0.05, 0) is 24.3 Å². The average Bonchev–Trinajstić information content (AvgIpc) is 2.67. The second-order valence-corrected chi connectivity index (χ2v) is 4.42. The highest BCUT2D eigenvalue weighted by atomic mass is 16.5. The van der Waals surface area contributed by atoms with E-state index >= 15 is 0 Å². The number of esters is 1. The standard InChI is InChI=1S/C10H19NO2/c1-10(2)6-8(10)7-11-5-4-9(12)13-3/h8,11H,4-7H2,1-3H3. The van der Waals surface area contributed by atoms with E-state index in [1.807, 2.05) is 0 Å². The van der Waals surface area contributed by atoms with Gasteiger partial charge in [0, 0.05) is 6.54 Å². The highest BCUT2D eigenvalue weighted by molar-refractivity contribution is 5.69. The molecule has 0 aliphatic heterocycles. The average molecular weight is 185 g/mol. The summed E-state index contributed by atoms with van der Waals surface area (Å²) in [5.74, 6) is 0.660. The van der Waals surface area contributed by atoms with Gasteiger partial charge in [-0.3, -0.25) is 4.79 Å². The summed E-state index contributed by atoms with van der Waals surface area (Å²) >= 11 is 0. The van der Waals surface area contributed by atoms with E-state index in [2.05, 4.69) is 23.9 Å².